The van der Waals surface area contributed by atoms with Crippen LogP contribution in [0.2, 0.25) is 0 Å². The maximum absolute atomic E-state index is 13.1. The van der Waals surface area contributed by atoms with Gasteiger partial charge in [0.2, 0.25) is 5.91 Å². The fourth-order valence-electron chi connectivity index (χ4n) is 3.49. The monoisotopic (exact) mass is 425 g/mol. The maximum atomic E-state index is 13.1. The Kier molecular flexibility index (Phi) is 6.91. The second-order valence-corrected chi connectivity index (χ2v) is 7.47. The number of hydrogen-bond acceptors (Lipinski definition) is 5. The van der Waals surface area contributed by atoms with E-state index in [1.54, 1.807) is 50.3 Å². The largest absolute Gasteiger partial charge is 0.497 e. The second kappa shape index (κ2) is 9.61. The average Bonchev–Trinajstić information content (AvgIpc) is 3.01. The molecule has 1 aliphatic rings. The van der Waals surface area contributed by atoms with Crippen LogP contribution in [0.25, 0.3) is 0 Å². The summed E-state index contributed by atoms with van der Waals surface area (Å²) in [5, 5.41) is 2.72. The highest BCUT2D eigenvalue weighted by molar-refractivity contribution is 6.09. The standard InChI is InChI=1S/C23H27N3O5/c1-23(18-9-11-19(31-3)12-10-18)21(28)26(22(29)24-23)16-20(27)25(13-14-30-2)15-17-7-5-4-6-8-17/h4-12H,13-16H2,1-3H3,(H,24,29). The molecule has 2 aromatic carbocycles. The molecule has 2 aromatic rings. The second-order valence-electron chi connectivity index (χ2n) is 7.47. The smallest absolute Gasteiger partial charge is 0.325 e. The van der Waals surface area contributed by atoms with Crippen molar-refractivity contribution >= 4 is 17.8 Å². The molecular weight excluding hydrogens is 398 g/mol. The quantitative estimate of drug-likeness (QED) is 0.622. The van der Waals surface area contributed by atoms with Crippen LogP contribution in [0.4, 0.5) is 4.79 Å². The summed E-state index contributed by atoms with van der Waals surface area (Å²) < 4.78 is 10.3. The third kappa shape index (κ3) is 4.86. The molecule has 8 heteroatoms. The first-order valence-electron chi connectivity index (χ1n) is 9.98. The first-order valence-corrected chi connectivity index (χ1v) is 9.98. The van der Waals surface area contributed by atoms with Gasteiger partial charge in [0.05, 0.1) is 13.7 Å². The van der Waals surface area contributed by atoms with E-state index in [-0.39, 0.29) is 12.5 Å². The summed E-state index contributed by atoms with van der Waals surface area (Å²) in [5.74, 6) is -0.156. The first-order chi connectivity index (χ1) is 14.9. The zero-order chi connectivity index (χ0) is 22.4. The Morgan fingerprint density at radius 3 is 2.35 bits per heavy atom. The van der Waals surface area contributed by atoms with Crippen LogP contribution in [0, 0.1) is 0 Å². The topological polar surface area (TPSA) is 88.2 Å². The number of nitrogens with zero attached hydrogens (tertiary/aromatic N) is 2. The first kappa shape index (κ1) is 22.3. The molecule has 1 heterocycles. The lowest BCUT2D eigenvalue weighted by molar-refractivity contribution is -0.139. The summed E-state index contributed by atoms with van der Waals surface area (Å²) in [7, 11) is 3.11. The van der Waals surface area contributed by atoms with Gasteiger partial charge >= 0.3 is 6.03 Å². The van der Waals surface area contributed by atoms with Crippen molar-refractivity contribution in [2.45, 2.75) is 19.0 Å². The molecule has 0 bridgehead atoms. The van der Waals surface area contributed by atoms with Crippen molar-refractivity contribution in [1.29, 1.82) is 0 Å². The summed E-state index contributed by atoms with van der Waals surface area (Å²) in [6, 6.07) is 15.8. The minimum atomic E-state index is -1.25. The molecule has 1 saturated heterocycles. The number of benzene rings is 2. The highest BCUT2D eigenvalue weighted by Gasteiger charge is 2.49. The molecule has 31 heavy (non-hydrogen) atoms. The predicted molar refractivity (Wildman–Crippen MR) is 114 cm³/mol. The van der Waals surface area contributed by atoms with E-state index in [0.717, 1.165) is 10.5 Å². The van der Waals surface area contributed by atoms with Crippen LogP contribution in [0.15, 0.2) is 54.6 Å². The summed E-state index contributed by atoms with van der Waals surface area (Å²) in [6.07, 6.45) is 0. The van der Waals surface area contributed by atoms with Gasteiger partial charge < -0.3 is 19.7 Å². The number of nitrogens with one attached hydrogen (secondary N) is 1. The third-order valence-electron chi connectivity index (χ3n) is 5.37. The number of carbonyl (C=O) groups is 3. The number of methoxy groups -OCH3 is 2. The van der Waals surface area contributed by atoms with Crippen LogP contribution < -0.4 is 10.1 Å². The highest BCUT2D eigenvalue weighted by Crippen LogP contribution is 2.30. The molecule has 0 aromatic heterocycles. The minimum Gasteiger partial charge on any atom is -0.497 e. The summed E-state index contributed by atoms with van der Waals surface area (Å²) in [6.45, 7) is 2.35. The maximum Gasteiger partial charge on any atom is 0.325 e. The Morgan fingerprint density at radius 1 is 1.06 bits per heavy atom. The molecule has 1 N–H and O–H groups in total. The Labute approximate surface area is 181 Å². The van der Waals surface area contributed by atoms with Gasteiger partial charge in [-0.1, -0.05) is 42.5 Å². The van der Waals surface area contributed by atoms with E-state index in [1.807, 2.05) is 30.3 Å². The SMILES string of the molecule is COCCN(Cc1ccccc1)C(=O)CN1C(=O)NC(C)(c2ccc(OC)cc2)C1=O. The van der Waals surface area contributed by atoms with Crippen LogP contribution in [0.1, 0.15) is 18.1 Å². The molecule has 8 nitrogen and oxygen atoms in total. The molecule has 1 aliphatic heterocycles. The molecule has 1 unspecified atom stereocenters. The fourth-order valence-corrected chi connectivity index (χ4v) is 3.49. The van der Waals surface area contributed by atoms with Crippen LogP contribution in [0.3, 0.4) is 0 Å². The van der Waals surface area contributed by atoms with E-state index in [2.05, 4.69) is 5.32 Å². The molecule has 0 radical (unpaired) electrons. The van der Waals surface area contributed by atoms with Crippen LogP contribution in [-0.4, -0.2) is 61.6 Å². The van der Waals surface area contributed by atoms with Crippen molar-refractivity contribution in [3.8, 4) is 5.75 Å². The van der Waals surface area contributed by atoms with E-state index >= 15 is 0 Å². The Bertz CT molecular complexity index is 932. The minimum absolute atomic E-state index is 0.330. The molecule has 0 saturated carbocycles. The summed E-state index contributed by atoms with van der Waals surface area (Å²) in [5.41, 5.74) is 0.315. The van der Waals surface area contributed by atoms with Crippen molar-refractivity contribution in [1.82, 2.24) is 15.1 Å². The van der Waals surface area contributed by atoms with Gasteiger partial charge in [0, 0.05) is 20.2 Å². The van der Waals surface area contributed by atoms with Crippen LogP contribution in [0.5, 0.6) is 5.75 Å². The van der Waals surface area contributed by atoms with Gasteiger partial charge in [0.25, 0.3) is 5.91 Å². The van der Waals surface area contributed by atoms with Crippen LogP contribution >= 0.6 is 0 Å². The van der Waals surface area contributed by atoms with Crippen molar-refractivity contribution in [3.63, 3.8) is 0 Å². The number of ether oxygens (including phenoxy) is 2. The molecule has 164 valence electrons. The van der Waals surface area contributed by atoms with Gasteiger partial charge in [0.15, 0.2) is 0 Å². The number of urea groups is 1. The van der Waals surface area contributed by atoms with Crippen molar-refractivity contribution in [2.24, 2.45) is 0 Å². The molecule has 4 amide bonds. The summed E-state index contributed by atoms with van der Waals surface area (Å²) in [4.78, 5) is 41.3. The van der Waals surface area contributed by atoms with E-state index in [4.69, 9.17) is 9.47 Å². The van der Waals surface area contributed by atoms with Gasteiger partial charge in [-0.25, -0.2) is 4.79 Å². The van der Waals surface area contributed by atoms with Crippen molar-refractivity contribution in [3.05, 3.63) is 65.7 Å². The fraction of sp³-hybridized carbons (Fsp3) is 0.348. The molecule has 1 fully saturated rings. The number of carbonyl (C=O) groups excluding carboxylic acids is 3. The Balaban J connectivity index is 1.75. The molecule has 3 rings (SSSR count). The molecule has 1 atom stereocenters. The van der Waals surface area contributed by atoms with E-state index in [0.29, 0.717) is 31.0 Å². The van der Waals surface area contributed by atoms with Crippen molar-refractivity contribution in [2.75, 3.05) is 33.9 Å². The van der Waals surface area contributed by atoms with Gasteiger partial charge in [-0.05, 0) is 30.2 Å². The molecule has 0 aliphatic carbocycles. The van der Waals surface area contributed by atoms with E-state index in [9.17, 15) is 14.4 Å². The lowest BCUT2D eigenvalue weighted by atomic mass is 9.92. The average molecular weight is 425 g/mol. The number of hydrogen-bond donors (Lipinski definition) is 1. The van der Waals surface area contributed by atoms with Crippen LogP contribution in [-0.2, 0) is 26.4 Å². The molecular formula is C23H27N3O5. The number of imide groups is 1. The third-order valence-corrected chi connectivity index (χ3v) is 5.37. The van der Waals surface area contributed by atoms with E-state index in [1.165, 1.54) is 0 Å². The molecule has 0 spiro atoms. The zero-order valence-electron chi connectivity index (χ0n) is 18.0. The lowest BCUT2D eigenvalue weighted by Crippen LogP contribution is -2.45. The van der Waals surface area contributed by atoms with Gasteiger partial charge in [0.1, 0.15) is 17.8 Å². The van der Waals surface area contributed by atoms with E-state index < -0.39 is 17.5 Å². The van der Waals surface area contributed by atoms with Gasteiger partial charge in [-0.2, -0.15) is 0 Å². The van der Waals surface area contributed by atoms with Gasteiger partial charge in [-0.3, -0.25) is 14.5 Å². The number of rotatable bonds is 9. The Morgan fingerprint density at radius 2 is 1.74 bits per heavy atom. The normalized spacial score (nSPS) is 18.1. The summed E-state index contributed by atoms with van der Waals surface area (Å²) >= 11 is 0. The predicted octanol–water partition coefficient (Wildman–Crippen LogP) is 2.14. The lowest BCUT2D eigenvalue weighted by Gasteiger charge is -2.25. The zero-order valence-corrected chi connectivity index (χ0v) is 18.0. The highest BCUT2D eigenvalue weighted by atomic mass is 16.5. The Hall–Kier alpha value is -3.39. The number of amides is 4. The van der Waals surface area contributed by atoms with Gasteiger partial charge in [-0.15, -0.1) is 0 Å². The van der Waals surface area contributed by atoms with Crippen molar-refractivity contribution < 1.29 is 23.9 Å².